The maximum Gasteiger partial charge on any atom is 0.290 e. The number of likely N-dealkylation sites (tertiary alicyclic amines) is 2. The average molecular weight is 343 g/mol. The summed E-state index contributed by atoms with van der Waals surface area (Å²) < 4.78 is 0. The fraction of sp³-hybridized carbons (Fsp3) is 0.812. The normalized spacial score (nSPS) is 22.0. The predicted octanol–water partition coefficient (Wildman–Crippen LogP) is -0.624. The van der Waals surface area contributed by atoms with Crippen molar-refractivity contribution in [1.29, 1.82) is 0 Å². The molecule has 0 spiro atoms. The van der Waals surface area contributed by atoms with E-state index in [1.807, 2.05) is 6.92 Å². The van der Waals surface area contributed by atoms with Gasteiger partial charge in [0.05, 0.1) is 12.5 Å². The van der Waals surface area contributed by atoms with Gasteiger partial charge >= 0.3 is 0 Å². The largest absolute Gasteiger partial charge is 0.483 e. The number of carbonyl (C=O) groups is 3. The third kappa shape index (κ3) is 6.45. The molecule has 2 aliphatic rings. The van der Waals surface area contributed by atoms with Gasteiger partial charge in [-0.3, -0.25) is 14.4 Å². The second-order valence-corrected chi connectivity index (χ2v) is 6.19. The summed E-state index contributed by atoms with van der Waals surface area (Å²) in [5.74, 6) is 0.460. The van der Waals surface area contributed by atoms with E-state index >= 15 is 0 Å². The van der Waals surface area contributed by atoms with E-state index in [1.165, 1.54) is 0 Å². The molecule has 0 bridgehead atoms. The van der Waals surface area contributed by atoms with Gasteiger partial charge in [-0.15, -0.1) is 0 Å². The van der Waals surface area contributed by atoms with Crippen LogP contribution in [0.1, 0.15) is 26.2 Å². The molecule has 2 rings (SSSR count). The number of hydrogen-bond donors (Lipinski definition) is 3. The Kier molecular flexibility index (Phi) is 9.33. The summed E-state index contributed by atoms with van der Waals surface area (Å²) in [5, 5.41) is 18.8. The van der Waals surface area contributed by atoms with Crippen LogP contribution in [0.15, 0.2) is 0 Å². The number of nitrogens with zero attached hydrogens (tertiary/aromatic N) is 2. The van der Waals surface area contributed by atoms with Crippen molar-refractivity contribution in [1.82, 2.24) is 15.1 Å². The third-order valence-electron chi connectivity index (χ3n) is 4.66. The van der Waals surface area contributed by atoms with Gasteiger partial charge in [0.25, 0.3) is 6.47 Å². The predicted molar refractivity (Wildman–Crippen MR) is 88.3 cm³/mol. The Morgan fingerprint density at radius 2 is 2.00 bits per heavy atom. The lowest BCUT2D eigenvalue weighted by Crippen LogP contribution is -2.41. The first-order chi connectivity index (χ1) is 11.5. The highest BCUT2D eigenvalue weighted by Crippen LogP contribution is 2.19. The Balaban J connectivity index is 0.000000891. The summed E-state index contributed by atoms with van der Waals surface area (Å²) in [6.45, 7) is 6.60. The lowest BCUT2D eigenvalue weighted by molar-refractivity contribution is -0.129. The maximum atomic E-state index is 12.1. The van der Waals surface area contributed by atoms with Crippen molar-refractivity contribution in [3.05, 3.63) is 0 Å². The monoisotopic (exact) mass is 343 g/mol. The Morgan fingerprint density at radius 3 is 2.50 bits per heavy atom. The van der Waals surface area contributed by atoms with Crippen LogP contribution in [0.5, 0.6) is 0 Å². The lowest BCUT2D eigenvalue weighted by atomic mass is 9.96. The molecule has 0 aromatic heterocycles. The minimum absolute atomic E-state index is 0.0251. The van der Waals surface area contributed by atoms with Gasteiger partial charge in [0, 0.05) is 32.6 Å². The number of aliphatic hydroxyl groups is 1. The number of β-amino-alcohol motifs (C(OH)–C–C–N with tert-alkyl or cyclic N) is 1. The molecule has 8 heteroatoms. The molecule has 138 valence electrons. The highest BCUT2D eigenvalue weighted by molar-refractivity contribution is 5.89. The van der Waals surface area contributed by atoms with Crippen LogP contribution in [0, 0.1) is 11.8 Å². The highest BCUT2D eigenvalue weighted by Gasteiger charge is 2.33. The highest BCUT2D eigenvalue weighted by atomic mass is 16.3. The van der Waals surface area contributed by atoms with Crippen LogP contribution < -0.4 is 5.32 Å². The van der Waals surface area contributed by atoms with E-state index < -0.39 is 0 Å². The molecule has 1 unspecified atom stereocenters. The zero-order valence-electron chi connectivity index (χ0n) is 14.3. The van der Waals surface area contributed by atoms with Crippen molar-refractivity contribution in [2.24, 2.45) is 11.8 Å². The molecule has 3 N–H and O–H groups in total. The van der Waals surface area contributed by atoms with Crippen molar-refractivity contribution < 1.29 is 24.6 Å². The number of carboxylic acid groups (broad SMARTS) is 1. The molecule has 2 amide bonds. The van der Waals surface area contributed by atoms with Gasteiger partial charge < -0.3 is 25.3 Å². The first-order valence-corrected chi connectivity index (χ1v) is 8.52. The second kappa shape index (κ2) is 11.0. The summed E-state index contributed by atoms with van der Waals surface area (Å²) >= 11 is 0. The van der Waals surface area contributed by atoms with Crippen LogP contribution in [0.25, 0.3) is 0 Å². The lowest BCUT2D eigenvalue weighted by Gasteiger charge is -2.31. The van der Waals surface area contributed by atoms with E-state index in [-0.39, 0.29) is 30.8 Å². The van der Waals surface area contributed by atoms with E-state index in [1.54, 1.807) is 4.90 Å². The molecule has 0 aromatic carbocycles. The van der Waals surface area contributed by atoms with E-state index in [4.69, 9.17) is 15.0 Å². The van der Waals surface area contributed by atoms with Gasteiger partial charge in [0.2, 0.25) is 11.8 Å². The average Bonchev–Trinajstić information content (AvgIpc) is 2.96. The number of aliphatic hydroxyl groups excluding tert-OH is 1. The Hall–Kier alpha value is -1.67. The van der Waals surface area contributed by atoms with Crippen LogP contribution in [0.4, 0.5) is 0 Å². The van der Waals surface area contributed by atoms with E-state index in [0.717, 1.165) is 32.5 Å². The smallest absolute Gasteiger partial charge is 0.290 e. The molecule has 0 radical (unpaired) electrons. The first kappa shape index (κ1) is 20.4. The molecule has 0 saturated carbocycles. The topological polar surface area (TPSA) is 110 Å². The molecule has 2 fully saturated rings. The van der Waals surface area contributed by atoms with Crippen LogP contribution in [0.2, 0.25) is 0 Å². The molecule has 24 heavy (non-hydrogen) atoms. The van der Waals surface area contributed by atoms with E-state index in [2.05, 4.69) is 10.2 Å². The van der Waals surface area contributed by atoms with Crippen molar-refractivity contribution in [3.63, 3.8) is 0 Å². The molecule has 8 nitrogen and oxygen atoms in total. The summed E-state index contributed by atoms with van der Waals surface area (Å²) in [6.07, 6.45) is 2.48. The molecule has 0 aromatic rings. The summed E-state index contributed by atoms with van der Waals surface area (Å²) in [5.41, 5.74) is 0. The molecule has 0 aliphatic carbocycles. The molecular formula is C16H29N3O5. The molecule has 2 aliphatic heterocycles. The van der Waals surface area contributed by atoms with Gasteiger partial charge in [0.15, 0.2) is 0 Å². The summed E-state index contributed by atoms with van der Waals surface area (Å²) in [4.78, 5) is 36.1. The third-order valence-corrected chi connectivity index (χ3v) is 4.66. The Morgan fingerprint density at radius 1 is 1.38 bits per heavy atom. The zero-order chi connectivity index (χ0) is 17.9. The SMILES string of the molecule is CCN1CC(C(=O)NCC2CCN(CCO)CC2)CC1=O.O=CO. The van der Waals surface area contributed by atoms with Gasteiger partial charge in [-0.25, -0.2) is 0 Å². The number of hydrogen-bond acceptors (Lipinski definition) is 5. The second-order valence-electron chi connectivity index (χ2n) is 6.19. The molecule has 2 heterocycles. The van der Waals surface area contributed by atoms with Gasteiger partial charge in [-0.2, -0.15) is 0 Å². The number of rotatable bonds is 6. The number of nitrogens with one attached hydrogen (secondary N) is 1. The molecule has 2 saturated heterocycles. The number of piperidine rings is 1. The number of amides is 2. The van der Waals surface area contributed by atoms with Crippen LogP contribution in [-0.2, 0) is 14.4 Å². The Bertz CT molecular complexity index is 411. The van der Waals surface area contributed by atoms with Crippen LogP contribution in [-0.4, -0.2) is 84.2 Å². The van der Waals surface area contributed by atoms with E-state index in [9.17, 15) is 9.59 Å². The fourth-order valence-corrected chi connectivity index (χ4v) is 3.20. The van der Waals surface area contributed by atoms with Crippen LogP contribution >= 0.6 is 0 Å². The summed E-state index contributed by atoms with van der Waals surface area (Å²) in [7, 11) is 0. The molecule has 1 atom stereocenters. The van der Waals surface area contributed by atoms with Crippen LogP contribution in [0.3, 0.4) is 0 Å². The zero-order valence-corrected chi connectivity index (χ0v) is 14.3. The standard InChI is InChI=1S/C15H27N3O3.CH2O2/c1-2-18-11-13(9-14(18)20)15(21)16-10-12-3-5-17(6-4-12)7-8-19;2-1-3/h12-13,19H,2-11H2,1H3,(H,16,21);1H,(H,2,3). The Labute approximate surface area is 142 Å². The molecular weight excluding hydrogens is 314 g/mol. The van der Waals surface area contributed by atoms with Gasteiger partial charge in [0.1, 0.15) is 0 Å². The number of carbonyl (C=O) groups excluding carboxylic acids is 2. The fourth-order valence-electron chi connectivity index (χ4n) is 3.20. The van der Waals surface area contributed by atoms with Crippen molar-refractivity contribution in [2.75, 3.05) is 45.9 Å². The summed E-state index contributed by atoms with van der Waals surface area (Å²) in [6, 6.07) is 0. The minimum atomic E-state index is -0.250. The van der Waals surface area contributed by atoms with Gasteiger partial charge in [-0.05, 0) is 38.8 Å². The van der Waals surface area contributed by atoms with Gasteiger partial charge in [-0.1, -0.05) is 0 Å². The minimum Gasteiger partial charge on any atom is -0.483 e. The van der Waals surface area contributed by atoms with Crippen molar-refractivity contribution in [3.8, 4) is 0 Å². The van der Waals surface area contributed by atoms with Crippen molar-refractivity contribution in [2.45, 2.75) is 26.2 Å². The van der Waals surface area contributed by atoms with Crippen molar-refractivity contribution >= 4 is 18.3 Å². The first-order valence-electron chi connectivity index (χ1n) is 8.52. The maximum absolute atomic E-state index is 12.1. The van der Waals surface area contributed by atoms with E-state index in [0.29, 0.717) is 32.0 Å². The quantitative estimate of drug-likeness (QED) is 0.554.